The molecule has 4 aliphatic rings. The standard InChI is InChI=1S/C62H38S/c1-3-15-37(16-4-1)43-22-10-12-24-46(43)58-53-33-39-19-7-8-20-40(39)34-54(53)59(47-25-13-11-23-44(47)38-17-5-2-6-18-38)62-51-32-30-49-52-35-42(56-36-41-21-9-14-26-55(41)63-56)27-28-45(52)48-29-31-50(61(58)62)60(51)57(48)49/h1-33,35-36,40H,34H2. The Kier molecular flexibility index (Phi) is 7.49. The van der Waals surface area contributed by atoms with Crippen molar-refractivity contribution in [2.45, 2.75) is 6.42 Å². The molecule has 0 spiro atoms. The van der Waals surface area contributed by atoms with Gasteiger partial charge in [0.2, 0.25) is 0 Å². The lowest BCUT2D eigenvalue weighted by molar-refractivity contribution is 0.760. The predicted octanol–water partition coefficient (Wildman–Crippen LogP) is 15.8. The summed E-state index contributed by atoms with van der Waals surface area (Å²) in [5.74, 6) is 0.310. The molecule has 1 heteroatoms. The molecule has 0 fully saturated rings. The quantitative estimate of drug-likeness (QED) is 0.162. The molecule has 0 saturated heterocycles. The lowest BCUT2D eigenvalue weighted by Crippen LogP contribution is -2.15. The van der Waals surface area contributed by atoms with E-state index in [4.69, 9.17) is 0 Å². The Hall–Kier alpha value is -7.58. The maximum Gasteiger partial charge on any atom is 0.0355 e. The van der Waals surface area contributed by atoms with E-state index in [0.29, 0.717) is 5.92 Å². The zero-order chi connectivity index (χ0) is 41.2. The Morgan fingerprint density at radius 1 is 0.429 bits per heavy atom. The van der Waals surface area contributed by atoms with E-state index in [1.165, 1.54) is 134 Å². The Labute approximate surface area is 368 Å². The molecule has 292 valence electrons. The van der Waals surface area contributed by atoms with Gasteiger partial charge in [0.15, 0.2) is 0 Å². The maximum absolute atomic E-state index is 2.54. The molecule has 9 aromatic carbocycles. The van der Waals surface area contributed by atoms with Gasteiger partial charge in [0.25, 0.3) is 0 Å². The summed E-state index contributed by atoms with van der Waals surface area (Å²) < 4.78 is 1.33. The van der Waals surface area contributed by atoms with Crippen molar-refractivity contribution in [3.05, 3.63) is 265 Å². The molecular formula is C62H38S. The number of thiophene rings is 1. The SMILES string of the molecule is C1=CC2=Cc3c(c(-c4ccccc4-c4ccccc4)c4c(c3-c3ccccc3-c3ccccc3)=c3ccc5c6c(ccc=4c36)=c3cc(-c4cc6ccccc6s4)ccc3=5)CC2C=C1. The van der Waals surface area contributed by atoms with Gasteiger partial charge in [-0.3, -0.25) is 0 Å². The third-order valence-electron chi connectivity index (χ3n) is 14.1. The molecule has 0 nitrogen and oxygen atoms in total. The summed E-state index contributed by atoms with van der Waals surface area (Å²) in [7, 11) is 0. The lowest BCUT2D eigenvalue weighted by Gasteiger charge is -2.29. The first-order chi connectivity index (χ1) is 31.3. The van der Waals surface area contributed by atoms with Crippen LogP contribution in [0.1, 0.15) is 11.1 Å². The summed E-state index contributed by atoms with van der Waals surface area (Å²) in [6.45, 7) is 0. The fraction of sp³-hybridized carbons (Fsp3) is 0.0323. The smallest absolute Gasteiger partial charge is 0.0355 e. The van der Waals surface area contributed by atoms with E-state index in [1.807, 2.05) is 11.3 Å². The van der Waals surface area contributed by atoms with Crippen molar-refractivity contribution in [3.63, 3.8) is 0 Å². The van der Waals surface area contributed by atoms with E-state index in [2.05, 4.69) is 212 Å². The van der Waals surface area contributed by atoms with Gasteiger partial charge in [0.05, 0.1) is 0 Å². The average Bonchev–Trinajstić information content (AvgIpc) is 4.03. The van der Waals surface area contributed by atoms with Gasteiger partial charge in [-0.1, -0.05) is 194 Å². The van der Waals surface area contributed by atoms with Crippen LogP contribution < -0.4 is 0 Å². The van der Waals surface area contributed by atoms with Gasteiger partial charge in [-0.2, -0.15) is 0 Å². The summed E-state index contributed by atoms with van der Waals surface area (Å²) >= 11 is 1.88. The monoisotopic (exact) mass is 814 g/mol. The maximum atomic E-state index is 2.54. The molecule has 0 aliphatic heterocycles. The number of benzene rings is 9. The second-order valence-corrected chi connectivity index (χ2v) is 18.5. The van der Waals surface area contributed by atoms with Crippen molar-refractivity contribution in [3.8, 4) is 54.9 Å². The highest BCUT2D eigenvalue weighted by Crippen LogP contribution is 2.49. The largest absolute Gasteiger partial charge is 0.135 e. The van der Waals surface area contributed by atoms with Crippen molar-refractivity contribution in [1.82, 2.24) is 0 Å². The first-order valence-electron chi connectivity index (χ1n) is 22.1. The van der Waals surface area contributed by atoms with Gasteiger partial charge < -0.3 is 0 Å². The van der Waals surface area contributed by atoms with Gasteiger partial charge in [0.1, 0.15) is 0 Å². The summed E-state index contributed by atoms with van der Waals surface area (Å²) in [4.78, 5) is 1.31. The minimum Gasteiger partial charge on any atom is -0.135 e. The number of rotatable bonds is 5. The summed E-state index contributed by atoms with van der Waals surface area (Å²) in [6, 6.07) is 68.3. The molecule has 63 heavy (non-hydrogen) atoms. The fourth-order valence-corrected chi connectivity index (χ4v) is 12.5. The first-order valence-corrected chi connectivity index (χ1v) is 22.9. The van der Waals surface area contributed by atoms with Gasteiger partial charge >= 0.3 is 0 Å². The van der Waals surface area contributed by atoms with Crippen molar-refractivity contribution in [1.29, 1.82) is 0 Å². The molecule has 0 bridgehead atoms. The molecule has 4 aliphatic carbocycles. The zero-order valence-electron chi connectivity index (χ0n) is 34.4. The molecule has 1 unspecified atom stereocenters. The second-order valence-electron chi connectivity index (χ2n) is 17.4. The normalized spacial score (nSPS) is 14.7. The van der Waals surface area contributed by atoms with E-state index in [0.717, 1.165) is 6.42 Å². The minimum atomic E-state index is 0.310. The van der Waals surface area contributed by atoms with Gasteiger partial charge in [-0.15, -0.1) is 11.3 Å². The Morgan fingerprint density at radius 3 is 1.71 bits per heavy atom. The number of allylic oxidation sites excluding steroid dienone is 5. The van der Waals surface area contributed by atoms with Crippen LogP contribution in [0.4, 0.5) is 0 Å². The number of hydrogen-bond donors (Lipinski definition) is 0. The molecule has 14 rings (SSSR count). The molecule has 10 aromatic rings. The molecular weight excluding hydrogens is 777 g/mol. The van der Waals surface area contributed by atoms with E-state index in [9.17, 15) is 0 Å². The minimum absolute atomic E-state index is 0.310. The highest BCUT2D eigenvalue weighted by molar-refractivity contribution is 7.22. The van der Waals surface area contributed by atoms with Crippen LogP contribution in [0.15, 0.2) is 212 Å². The lowest BCUT2D eigenvalue weighted by atomic mass is 9.74. The Balaban J connectivity index is 1.19. The van der Waals surface area contributed by atoms with Crippen LogP contribution in [0, 0.1) is 47.7 Å². The van der Waals surface area contributed by atoms with E-state index >= 15 is 0 Å². The van der Waals surface area contributed by atoms with Crippen LogP contribution in [0.2, 0.25) is 0 Å². The summed E-state index contributed by atoms with van der Waals surface area (Å²) in [5.41, 5.74) is 15.7. The first kappa shape index (κ1) is 35.1. The van der Waals surface area contributed by atoms with Crippen molar-refractivity contribution >= 4 is 38.3 Å². The molecule has 0 N–H and O–H groups in total. The second kappa shape index (κ2) is 13.5. The van der Waals surface area contributed by atoms with Crippen LogP contribution >= 0.6 is 11.3 Å². The van der Waals surface area contributed by atoms with Gasteiger partial charge in [0, 0.05) is 15.5 Å². The topological polar surface area (TPSA) is 0 Å². The number of hydrogen-bond acceptors (Lipinski definition) is 1. The van der Waals surface area contributed by atoms with Crippen LogP contribution in [0.3, 0.4) is 0 Å². The molecule has 0 radical (unpaired) electrons. The summed E-state index contributed by atoms with van der Waals surface area (Å²) in [6.07, 6.45) is 12.7. The third kappa shape index (κ3) is 5.09. The van der Waals surface area contributed by atoms with Crippen LogP contribution in [-0.2, 0) is 6.42 Å². The van der Waals surface area contributed by atoms with Crippen molar-refractivity contribution in [2.24, 2.45) is 5.92 Å². The molecule has 1 heterocycles. The Bertz CT molecular complexity index is 4120. The van der Waals surface area contributed by atoms with E-state index in [-0.39, 0.29) is 0 Å². The molecule has 1 aromatic heterocycles. The average molecular weight is 815 g/mol. The third-order valence-corrected chi connectivity index (χ3v) is 15.3. The van der Waals surface area contributed by atoms with Crippen molar-refractivity contribution < 1.29 is 0 Å². The van der Waals surface area contributed by atoms with Crippen molar-refractivity contribution in [2.75, 3.05) is 0 Å². The van der Waals surface area contributed by atoms with E-state index < -0.39 is 0 Å². The van der Waals surface area contributed by atoms with Crippen LogP contribution in [-0.4, -0.2) is 0 Å². The highest BCUT2D eigenvalue weighted by atomic mass is 32.1. The molecule has 0 saturated carbocycles. The molecule has 0 amide bonds. The number of fused-ring (bicyclic) bond motifs is 5. The fourth-order valence-electron chi connectivity index (χ4n) is 11.4. The summed E-state index contributed by atoms with van der Waals surface area (Å²) in [5, 5.41) is 14.8. The zero-order valence-corrected chi connectivity index (χ0v) is 35.2. The van der Waals surface area contributed by atoms with Crippen LogP contribution in [0.25, 0.3) is 81.9 Å². The van der Waals surface area contributed by atoms with Crippen LogP contribution in [0.5, 0.6) is 0 Å². The van der Waals surface area contributed by atoms with Gasteiger partial charge in [-0.05, 0) is 149 Å². The Morgan fingerprint density at radius 2 is 1.00 bits per heavy atom. The van der Waals surface area contributed by atoms with E-state index in [1.54, 1.807) is 0 Å². The predicted molar refractivity (Wildman–Crippen MR) is 264 cm³/mol. The highest BCUT2D eigenvalue weighted by Gasteiger charge is 2.30. The molecule has 1 atom stereocenters. The van der Waals surface area contributed by atoms with Gasteiger partial charge in [-0.25, -0.2) is 0 Å².